The summed E-state index contributed by atoms with van der Waals surface area (Å²) >= 11 is 0. The van der Waals surface area contributed by atoms with Crippen molar-refractivity contribution in [2.24, 2.45) is 0 Å². The molecular formula is C13H16N2O2. The van der Waals surface area contributed by atoms with Gasteiger partial charge in [0.1, 0.15) is 22.8 Å². The number of hydrogen-bond acceptors (Lipinski definition) is 4. The van der Waals surface area contributed by atoms with Crippen LogP contribution >= 0.6 is 0 Å². The largest absolute Gasteiger partial charge is 0.496 e. The fourth-order valence-corrected chi connectivity index (χ4v) is 1.94. The molecule has 0 atom stereocenters. The zero-order valence-corrected chi connectivity index (χ0v) is 10.5. The summed E-state index contributed by atoms with van der Waals surface area (Å²) in [5.41, 5.74) is 1.92. The molecule has 1 aromatic carbocycles. The van der Waals surface area contributed by atoms with Crippen molar-refractivity contribution >= 4 is 16.7 Å². The average Bonchev–Trinajstić information content (AvgIpc) is 2.37. The summed E-state index contributed by atoms with van der Waals surface area (Å²) < 4.78 is 10.7. The second-order valence-corrected chi connectivity index (χ2v) is 3.77. The molecule has 0 aliphatic heterocycles. The molecule has 0 saturated heterocycles. The first-order valence-corrected chi connectivity index (χ1v) is 5.41. The van der Waals surface area contributed by atoms with Crippen molar-refractivity contribution in [2.75, 3.05) is 26.6 Å². The molecule has 1 aromatic heterocycles. The van der Waals surface area contributed by atoms with Gasteiger partial charge >= 0.3 is 0 Å². The van der Waals surface area contributed by atoms with E-state index in [1.165, 1.54) is 0 Å². The Morgan fingerprint density at radius 2 is 1.76 bits per heavy atom. The quantitative estimate of drug-likeness (QED) is 0.883. The van der Waals surface area contributed by atoms with Crippen LogP contribution in [0.4, 0.5) is 5.82 Å². The summed E-state index contributed by atoms with van der Waals surface area (Å²) in [5.74, 6) is 2.39. The Labute approximate surface area is 101 Å². The maximum absolute atomic E-state index is 5.37. The van der Waals surface area contributed by atoms with Crippen molar-refractivity contribution in [3.05, 3.63) is 23.8 Å². The van der Waals surface area contributed by atoms with Gasteiger partial charge in [0, 0.05) is 12.4 Å². The first-order chi connectivity index (χ1) is 8.21. The third kappa shape index (κ3) is 1.86. The summed E-state index contributed by atoms with van der Waals surface area (Å²) in [6.45, 7) is 2.03. The van der Waals surface area contributed by atoms with E-state index in [1.54, 1.807) is 14.2 Å². The van der Waals surface area contributed by atoms with Gasteiger partial charge in [-0.3, -0.25) is 0 Å². The van der Waals surface area contributed by atoms with Crippen LogP contribution in [0.25, 0.3) is 10.9 Å². The van der Waals surface area contributed by atoms with E-state index < -0.39 is 0 Å². The zero-order chi connectivity index (χ0) is 12.4. The summed E-state index contributed by atoms with van der Waals surface area (Å²) in [4.78, 5) is 4.52. The van der Waals surface area contributed by atoms with Crippen LogP contribution in [0.5, 0.6) is 11.5 Å². The van der Waals surface area contributed by atoms with Crippen molar-refractivity contribution in [1.29, 1.82) is 0 Å². The van der Waals surface area contributed by atoms with E-state index >= 15 is 0 Å². The van der Waals surface area contributed by atoms with E-state index in [1.807, 2.05) is 32.2 Å². The highest BCUT2D eigenvalue weighted by Crippen LogP contribution is 2.35. The van der Waals surface area contributed by atoms with Crippen molar-refractivity contribution < 1.29 is 9.47 Å². The molecule has 0 aliphatic rings. The third-order valence-corrected chi connectivity index (χ3v) is 2.78. The lowest BCUT2D eigenvalue weighted by Crippen LogP contribution is -1.98. The monoisotopic (exact) mass is 232 g/mol. The Hall–Kier alpha value is -1.97. The number of anilines is 1. The number of benzene rings is 1. The predicted octanol–water partition coefficient (Wildman–Crippen LogP) is 2.60. The molecule has 0 amide bonds. The average molecular weight is 232 g/mol. The first kappa shape index (κ1) is 11.5. The minimum Gasteiger partial charge on any atom is -0.496 e. The smallest absolute Gasteiger partial charge is 0.145 e. The van der Waals surface area contributed by atoms with Gasteiger partial charge in [-0.1, -0.05) is 0 Å². The summed E-state index contributed by atoms with van der Waals surface area (Å²) in [6.07, 6.45) is 0. The Balaban J connectivity index is 2.85. The van der Waals surface area contributed by atoms with Gasteiger partial charge in [0.15, 0.2) is 0 Å². The second kappa shape index (κ2) is 4.49. The molecule has 17 heavy (non-hydrogen) atoms. The number of rotatable bonds is 3. The highest BCUT2D eigenvalue weighted by molar-refractivity contribution is 5.93. The number of hydrogen-bond donors (Lipinski definition) is 1. The van der Waals surface area contributed by atoms with Crippen molar-refractivity contribution in [1.82, 2.24) is 4.98 Å². The molecule has 1 N–H and O–H groups in total. The molecule has 0 spiro atoms. The maximum atomic E-state index is 5.37. The summed E-state index contributed by atoms with van der Waals surface area (Å²) in [5, 5.41) is 4.03. The third-order valence-electron chi connectivity index (χ3n) is 2.78. The molecule has 0 radical (unpaired) electrons. The van der Waals surface area contributed by atoms with Crippen molar-refractivity contribution in [3.63, 3.8) is 0 Å². The highest BCUT2D eigenvalue weighted by atomic mass is 16.5. The lowest BCUT2D eigenvalue weighted by Gasteiger charge is -2.12. The van der Waals surface area contributed by atoms with Crippen LogP contribution in [-0.2, 0) is 0 Å². The number of ether oxygens (including phenoxy) is 2. The molecule has 0 saturated carbocycles. The first-order valence-electron chi connectivity index (χ1n) is 5.41. The molecule has 4 nitrogen and oxygen atoms in total. The Morgan fingerprint density at radius 1 is 1.12 bits per heavy atom. The van der Waals surface area contributed by atoms with E-state index in [0.717, 1.165) is 33.8 Å². The van der Waals surface area contributed by atoms with Gasteiger partial charge in [-0.05, 0) is 30.7 Å². The predicted molar refractivity (Wildman–Crippen MR) is 69.1 cm³/mol. The van der Waals surface area contributed by atoms with Crippen molar-refractivity contribution in [2.45, 2.75) is 6.92 Å². The molecule has 0 aliphatic carbocycles. The SMILES string of the molecule is CNc1cc(C)c2c(OC)ccc(OC)c2n1. The number of fused-ring (bicyclic) bond motifs is 1. The molecule has 2 rings (SSSR count). The van der Waals surface area contributed by atoms with Crippen molar-refractivity contribution in [3.8, 4) is 11.5 Å². The van der Waals surface area contributed by atoms with E-state index in [9.17, 15) is 0 Å². The van der Waals surface area contributed by atoms with E-state index in [0.29, 0.717) is 0 Å². The standard InChI is InChI=1S/C13H16N2O2/c1-8-7-11(14-2)15-13-10(17-4)6-5-9(16-3)12(8)13/h5-7H,1-4H3,(H,14,15). The lowest BCUT2D eigenvalue weighted by molar-refractivity contribution is 0.409. The van der Waals surface area contributed by atoms with Gasteiger partial charge < -0.3 is 14.8 Å². The number of methoxy groups -OCH3 is 2. The fraction of sp³-hybridized carbons (Fsp3) is 0.308. The lowest BCUT2D eigenvalue weighted by atomic mass is 10.1. The normalized spacial score (nSPS) is 10.4. The minimum absolute atomic E-state index is 0.751. The Morgan fingerprint density at radius 3 is 2.35 bits per heavy atom. The molecule has 0 fully saturated rings. The molecule has 1 heterocycles. The minimum atomic E-state index is 0.751. The van der Waals surface area contributed by atoms with Crippen LogP contribution in [0.2, 0.25) is 0 Å². The van der Waals surface area contributed by atoms with Gasteiger partial charge in [-0.15, -0.1) is 0 Å². The van der Waals surface area contributed by atoms with Crippen LogP contribution in [-0.4, -0.2) is 26.3 Å². The second-order valence-electron chi connectivity index (χ2n) is 3.77. The van der Waals surface area contributed by atoms with Gasteiger partial charge in [0.2, 0.25) is 0 Å². The topological polar surface area (TPSA) is 43.4 Å². The van der Waals surface area contributed by atoms with Gasteiger partial charge in [-0.25, -0.2) is 4.98 Å². The molecular weight excluding hydrogens is 216 g/mol. The van der Waals surface area contributed by atoms with Crippen LogP contribution in [0.3, 0.4) is 0 Å². The molecule has 0 unspecified atom stereocenters. The summed E-state index contributed by atoms with van der Waals surface area (Å²) in [6, 6.07) is 5.76. The summed E-state index contributed by atoms with van der Waals surface area (Å²) in [7, 11) is 5.15. The Bertz CT molecular complexity index is 553. The number of pyridine rings is 1. The van der Waals surface area contributed by atoms with Crippen LogP contribution < -0.4 is 14.8 Å². The van der Waals surface area contributed by atoms with Gasteiger partial charge in [0.05, 0.1) is 14.2 Å². The van der Waals surface area contributed by atoms with Crippen LogP contribution in [0, 0.1) is 6.92 Å². The Kier molecular flexibility index (Phi) is 3.04. The maximum Gasteiger partial charge on any atom is 0.145 e. The van der Waals surface area contributed by atoms with Gasteiger partial charge in [-0.2, -0.15) is 0 Å². The fourth-order valence-electron chi connectivity index (χ4n) is 1.94. The molecule has 90 valence electrons. The zero-order valence-electron chi connectivity index (χ0n) is 10.5. The van der Waals surface area contributed by atoms with Crippen LogP contribution in [0.1, 0.15) is 5.56 Å². The number of aromatic nitrogens is 1. The van der Waals surface area contributed by atoms with E-state index in [4.69, 9.17) is 9.47 Å². The van der Waals surface area contributed by atoms with E-state index in [2.05, 4.69) is 10.3 Å². The molecule has 0 bridgehead atoms. The number of nitrogens with zero attached hydrogens (tertiary/aromatic N) is 1. The number of nitrogens with one attached hydrogen (secondary N) is 1. The molecule has 4 heteroatoms. The van der Waals surface area contributed by atoms with E-state index in [-0.39, 0.29) is 0 Å². The number of aryl methyl sites for hydroxylation is 1. The van der Waals surface area contributed by atoms with Gasteiger partial charge in [0.25, 0.3) is 0 Å². The molecule has 2 aromatic rings. The highest BCUT2D eigenvalue weighted by Gasteiger charge is 2.12. The van der Waals surface area contributed by atoms with Crippen LogP contribution in [0.15, 0.2) is 18.2 Å².